The Bertz CT molecular complexity index is 445. The molecule has 1 aromatic rings. The van der Waals surface area contributed by atoms with Crippen molar-refractivity contribution < 1.29 is 14.6 Å². The van der Waals surface area contributed by atoms with Crippen molar-refractivity contribution in [1.29, 1.82) is 0 Å². The summed E-state index contributed by atoms with van der Waals surface area (Å²) in [4.78, 5) is 21.1. The van der Waals surface area contributed by atoms with Crippen molar-refractivity contribution in [3.05, 3.63) is 24.0 Å². The van der Waals surface area contributed by atoms with Crippen LogP contribution in [0.5, 0.6) is 0 Å². The summed E-state index contributed by atoms with van der Waals surface area (Å²) in [5, 5.41) is 8.57. The Labute approximate surface area is 119 Å². The number of methoxy groups -OCH3 is 1. The Morgan fingerprint density at radius 3 is 2.65 bits per heavy atom. The highest BCUT2D eigenvalue weighted by Gasteiger charge is 2.14. The topological polar surface area (TPSA) is 75.5 Å². The number of ether oxygens (including phenoxy) is 1. The molecule has 1 atom stereocenters. The van der Waals surface area contributed by atoms with Gasteiger partial charge < -0.3 is 14.7 Å². The summed E-state index contributed by atoms with van der Waals surface area (Å²) < 4.78 is 5.10. The first kappa shape index (κ1) is 16.1. The number of carbonyl (C=O) groups is 1. The van der Waals surface area contributed by atoms with Crippen molar-refractivity contribution in [2.45, 2.75) is 26.3 Å². The number of anilines is 1. The second-order valence-corrected chi connectivity index (χ2v) is 4.43. The number of aromatic nitrogens is 2. The van der Waals surface area contributed by atoms with Crippen molar-refractivity contribution in [2.24, 2.45) is 0 Å². The van der Waals surface area contributed by atoms with Gasteiger partial charge in [-0.1, -0.05) is 6.92 Å². The standard InChI is InChI=1S/C14H21N3O3/c1-4-11(2)17(7-8-20-3)14-15-9-12(10-16-14)5-6-13(18)19/h5-6,9-11H,4,7-8H2,1-3H3,(H,18,19)/b6-5+. The molecule has 0 bridgehead atoms. The molecular formula is C14H21N3O3. The zero-order valence-corrected chi connectivity index (χ0v) is 12.1. The summed E-state index contributed by atoms with van der Waals surface area (Å²) in [5.74, 6) is -0.362. The van der Waals surface area contributed by atoms with Crippen molar-refractivity contribution in [3.63, 3.8) is 0 Å². The van der Waals surface area contributed by atoms with Crippen molar-refractivity contribution in [1.82, 2.24) is 9.97 Å². The van der Waals surface area contributed by atoms with Gasteiger partial charge in [0.15, 0.2) is 0 Å². The molecule has 0 saturated carbocycles. The van der Waals surface area contributed by atoms with Crippen LogP contribution in [0.1, 0.15) is 25.8 Å². The molecule has 0 aromatic carbocycles. The molecule has 0 amide bonds. The molecule has 0 saturated heterocycles. The zero-order chi connectivity index (χ0) is 15.0. The van der Waals surface area contributed by atoms with E-state index < -0.39 is 5.97 Å². The lowest BCUT2D eigenvalue weighted by molar-refractivity contribution is -0.131. The normalized spacial score (nSPS) is 12.6. The Kier molecular flexibility index (Phi) is 6.66. The van der Waals surface area contributed by atoms with Crippen LogP contribution in [0.4, 0.5) is 5.95 Å². The first-order valence-corrected chi connectivity index (χ1v) is 6.57. The van der Waals surface area contributed by atoms with Gasteiger partial charge in [0.2, 0.25) is 5.95 Å². The average molecular weight is 279 g/mol. The molecule has 6 nitrogen and oxygen atoms in total. The minimum Gasteiger partial charge on any atom is -0.478 e. The Morgan fingerprint density at radius 2 is 2.15 bits per heavy atom. The molecule has 1 heterocycles. The predicted octanol–water partition coefficient (Wildman–Crippen LogP) is 1.83. The molecule has 0 aliphatic rings. The molecule has 0 spiro atoms. The number of aliphatic carboxylic acids is 1. The third kappa shape index (κ3) is 4.97. The summed E-state index contributed by atoms with van der Waals surface area (Å²) in [6, 6.07) is 0.311. The third-order valence-corrected chi connectivity index (χ3v) is 2.99. The number of nitrogens with zero attached hydrogens (tertiary/aromatic N) is 3. The largest absolute Gasteiger partial charge is 0.478 e. The van der Waals surface area contributed by atoms with E-state index in [1.165, 1.54) is 6.08 Å². The zero-order valence-electron chi connectivity index (χ0n) is 12.1. The Balaban J connectivity index is 2.84. The lowest BCUT2D eigenvalue weighted by Gasteiger charge is -2.28. The summed E-state index contributed by atoms with van der Waals surface area (Å²) in [7, 11) is 1.66. The molecule has 0 aliphatic carbocycles. The second kappa shape index (κ2) is 8.27. The van der Waals surface area contributed by atoms with Crippen molar-refractivity contribution >= 4 is 18.0 Å². The number of carboxylic acids is 1. The van der Waals surface area contributed by atoms with Crippen LogP contribution in [0.15, 0.2) is 18.5 Å². The molecule has 1 unspecified atom stereocenters. The first-order valence-electron chi connectivity index (χ1n) is 6.57. The summed E-state index contributed by atoms with van der Waals surface area (Å²) in [6.07, 6.45) is 6.74. The van der Waals surface area contributed by atoms with Crippen molar-refractivity contribution in [2.75, 3.05) is 25.2 Å². The monoisotopic (exact) mass is 279 g/mol. The summed E-state index contributed by atoms with van der Waals surface area (Å²) in [6.45, 7) is 5.54. The van der Waals surface area contributed by atoms with Gasteiger partial charge in [-0.2, -0.15) is 0 Å². The Hall–Kier alpha value is -1.95. The molecular weight excluding hydrogens is 258 g/mol. The minimum absolute atomic E-state index is 0.311. The number of hydrogen-bond acceptors (Lipinski definition) is 5. The van der Waals surface area contributed by atoms with E-state index in [9.17, 15) is 4.79 Å². The first-order chi connectivity index (χ1) is 9.58. The predicted molar refractivity (Wildman–Crippen MR) is 77.7 cm³/mol. The van der Waals surface area contributed by atoms with Crippen LogP contribution in [0.3, 0.4) is 0 Å². The van der Waals surface area contributed by atoms with E-state index in [1.807, 2.05) is 0 Å². The molecule has 0 fully saturated rings. The fourth-order valence-electron chi connectivity index (χ4n) is 1.66. The van der Waals surface area contributed by atoms with Crippen LogP contribution >= 0.6 is 0 Å². The fraction of sp³-hybridized carbons (Fsp3) is 0.500. The maximum atomic E-state index is 10.4. The van der Waals surface area contributed by atoms with Gasteiger partial charge in [-0.15, -0.1) is 0 Å². The van der Waals surface area contributed by atoms with Gasteiger partial charge in [0.05, 0.1) is 6.61 Å². The number of rotatable bonds is 8. The fourth-order valence-corrected chi connectivity index (χ4v) is 1.66. The molecule has 1 aromatic heterocycles. The summed E-state index contributed by atoms with van der Waals surface area (Å²) in [5.41, 5.74) is 0.659. The van der Waals surface area contributed by atoms with Crippen LogP contribution in [0, 0.1) is 0 Å². The highest BCUT2D eigenvalue weighted by molar-refractivity contribution is 5.85. The molecule has 1 rings (SSSR count). The van der Waals surface area contributed by atoms with Crippen molar-refractivity contribution in [3.8, 4) is 0 Å². The quantitative estimate of drug-likeness (QED) is 0.732. The highest BCUT2D eigenvalue weighted by Crippen LogP contribution is 2.13. The van der Waals surface area contributed by atoms with E-state index >= 15 is 0 Å². The maximum Gasteiger partial charge on any atom is 0.328 e. The van der Waals surface area contributed by atoms with Gasteiger partial charge >= 0.3 is 5.97 Å². The van der Waals surface area contributed by atoms with E-state index in [4.69, 9.17) is 9.84 Å². The van der Waals surface area contributed by atoms with Crippen LogP contribution in [0.2, 0.25) is 0 Å². The van der Waals surface area contributed by atoms with E-state index in [0.29, 0.717) is 24.2 Å². The molecule has 6 heteroatoms. The molecule has 20 heavy (non-hydrogen) atoms. The molecule has 110 valence electrons. The van der Waals surface area contributed by atoms with Gasteiger partial charge in [-0.3, -0.25) is 0 Å². The van der Waals surface area contributed by atoms with Crippen LogP contribution in [0.25, 0.3) is 6.08 Å². The lowest BCUT2D eigenvalue weighted by atomic mass is 10.2. The molecule has 1 N–H and O–H groups in total. The minimum atomic E-state index is -0.990. The average Bonchev–Trinajstić information content (AvgIpc) is 2.46. The van der Waals surface area contributed by atoms with E-state index in [2.05, 4.69) is 28.7 Å². The van der Waals surface area contributed by atoms with Crippen LogP contribution < -0.4 is 4.90 Å². The van der Waals surface area contributed by atoms with Gasteiger partial charge in [0.1, 0.15) is 0 Å². The highest BCUT2D eigenvalue weighted by atomic mass is 16.5. The smallest absolute Gasteiger partial charge is 0.328 e. The maximum absolute atomic E-state index is 10.4. The molecule has 0 aliphatic heterocycles. The summed E-state index contributed by atoms with van der Waals surface area (Å²) >= 11 is 0. The van der Waals surface area contributed by atoms with E-state index in [-0.39, 0.29) is 0 Å². The second-order valence-electron chi connectivity index (χ2n) is 4.43. The van der Waals surface area contributed by atoms with Gasteiger partial charge in [-0.25, -0.2) is 14.8 Å². The lowest BCUT2D eigenvalue weighted by Crippen LogP contribution is -2.36. The number of hydrogen-bond donors (Lipinski definition) is 1. The third-order valence-electron chi connectivity index (χ3n) is 2.99. The van der Waals surface area contributed by atoms with Crippen LogP contribution in [-0.4, -0.2) is 47.3 Å². The number of carboxylic acid groups (broad SMARTS) is 1. The van der Waals surface area contributed by atoms with Gasteiger partial charge in [0, 0.05) is 43.7 Å². The van der Waals surface area contributed by atoms with Crippen LogP contribution in [-0.2, 0) is 9.53 Å². The Morgan fingerprint density at radius 1 is 1.50 bits per heavy atom. The molecule has 0 radical (unpaired) electrons. The SMILES string of the molecule is CCC(C)N(CCOC)c1ncc(/C=C/C(=O)O)cn1. The van der Waals surface area contributed by atoms with Gasteiger partial charge in [-0.05, 0) is 19.4 Å². The van der Waals surface area contributed by atoms with E-state index in [0.717, 1.165) is 19.0 Å². The van der Waals surface area contributed by atoms with E-state index in [1.54, 1.807) is 19.5 Å². The van der Waals surface area contributed by atoms with Gasteiger partial charge in [0.25, 0.3) is 0 Å².